The van der Waals surface area contributed by atoms with E-state index in [9.17, 15) is 4.79 Å². The molecule has 4 aromatic rings. The Morgan fingerprint density at radius 2 is 1.52 bits per heavy atom. The number of hydrogen-bond donors (Lipinski definition) is 1. The molecule has 0 aliphatic carbocycles. The van der Waals surface area contributed by atoms with Crippen molar-refractivity contribution in [3.8, 4) is 17.2 Å². The molecule has 4 aromatic carbocycles. The van der Waals surface area contributed by atoms with Gasteiger partial charge in [0.05, 0.1) is 29.5 Å². The van der Waals surface area contributed by atoms with Crippen molar-refractivity contribution in [2.75, 3.05) is 17.3 Å². The number of nitrogens with zero attached hydrogens (tertiary/aromatic N) is 3. The molecule has 0 radical (unpaired) electrons. The molecule has 0 aromatic heterocycles. The molecule has 2 aliphatic heterocycles. The van der Waals surface area contributed by atoms with Crippen LogP contribution in [0.2, 0.25) is 0 Å². The highest BCUT2D eigenvalue weighted by molar-refractivity contribution is 5.90. The summed E-state index contributed by atoms with van der Waals surface area (Å²) < 4.78 is 12.2. The fourth-order valence-corrected chi connectivity index (χ4v) is 5.36. The number of nitrogens with one attached hydrogen (secondary N) is 1. The molecule has 1 N–H and O–H groups in total. The number of benzene rings is 4. The minimum absolute atomic E-state index is 0.0392. The van der Waals surface area contributed by atoms with E-state index >= 15 is 0 Å². The highest BCUT2D eigenvalue weighted by Gasteiger charge is 2.30. The molecule has 7 heteroatoms. The quantitative estimate of drug-likeness (QED) is 0.238. The predicted octanol–water partition coefficient (Wildman–Crippen LogP) is 8.04. The summed E-state index contributed by atoms with van der Waals surface area (Å²) in [7, 11) is 1.66. The van der Waals surface area contributed by atoms with Gasteiger partial charge in [0, 0.05) is 36.0 Å². The van der Waals surface area contributed by atoms with E-state index in [4.69, 9.17) is 19.5 Å². The average Bonchev–Trinajstić information content (AvgIpc) is 2.92. The van der Waals surface area contributed by atoms with Gasteiger partial charge >= 0.3 is 0 Å². The van der Waals surface area contributed by atoms with E-state index < -0.39 is 0 Å². The number of fused-ring (bicyclic) bond motifs is 4. The van der Waals surface area contributed by atoms with Gasteiger partial charge in [-0.15, -0.1) is 0 Å². The van der Waals surface area contributed by atoms with Crippen LogP contribution in [0.25, 0.3) is 0 Å². The van der Waals surface area contributed by atoms with E-state index in [2.05, 4.69) is 63.9 Å². The van der Waals surface area contributed by atoms with Crippen LogP contribution in [0, 0.1) is 0 Å². The third kappa shape index (κ3) is 4.89. The number of carbonyl (C=O) groups excluding carboxylic acids is 1. The molecule has 0 spiro atoms. The number of rotatable bonds is 3. The first kappa shape index (κ1) is 27.5. The van der Waals surface area contributed by atoms with Gasteiger partial charge in [0.2, 0.25) is 5.91 Å². The van der Waals surface area contributed by atoms with Crippen LogP contribution in [0.3, 0.4) is 0 Å². The number of amides is 1. The third-order valence-electron chi connectivity index (χ3n) is 7.60. The summed E-state index contributed by atoms with van der Waals surface area (Å²) in [5.74, 6) is 2.10. The lowest BCUT2D eigenvalue weighted by Crippen LogP contribution is -2.27. The van der Waals surface area contributed by atoms with Crippen molar-refractivity contribution < 1.29 is 14.3 Å². The van der Waals surface area contributed by atoms with E-state index in [0.717, 1.165) is 61.9 Å². The van der Waals surface area contributed by atoms with E-state index in [1.165, 1.54) is 12.5 Å². The Balaban J connectivity index is 1.57. The Hall–Kier alpha value is -4.65. The molecule has 0 saturated carbocycles. The maximum atomic E-state index is 11.6. The molecule has 0 fully saturated rings. The molecular weight excluding hydrogens is 524 g/mol. The standard InChI is InChI=1S/C35H36N4O3/c1-20(40)36-22-9-11-23(12-10-22)39-30-17-24(41-8)13-14-26(30)37-27-19-32-28(18-31(27)39)38-29-16-21(34(2,3)4)15-25(33(29)42-32)35(5,6)7/h9-19H,1-8H3,(H,36,40). The number of carbonyl (C=O) groups is 1. The lowest BCUT2D eigenvalue weighted by atomic mass is 9.79. The fourth-order valence-electron chi connectivity index (χ4n) is 5.36. The van der Waals surface area contributed by atoms with Crippen molar-refractivity contribution in [3.05, 3.63) is 88.6 Å². The molecule has 42 heavy (non-hydrogen) atoms. The molecule has 0 atom stereocenters. The molecule has 2 aliphatic rings. The Morgan fingerprint density at radius 1 is 0.810 bits per heavy atom. The van der Waals surface area contributed by atoms with Gasteiger partial charge in [0.25, 0.3) is 0 Å². The van der Waals surface area contributed by atoms with Gasteiger partial charge < -0.3 is 19.7 Å². The molecule has 0 saturated heterocycles. The summed E-state index contributed by atoms with van der Waals surface area (Å²) >= 11 is 0. The normalized spacial score (nSPS) is 13.4. The predicted molar refractivity (Wildman–Crippen MR) is 168 cm³/mol. The van der Waals surface area contributed by atoms with E-state index in [1.54, 1.807) is 7.11 Å². The first-order chi connectivity index (χ1) is 19.8. The minimum Gasteiger partial charge on any atom is -0.497 e. The minimum atomic E-state index is -0.130. The smallest absolute Gasteiger partial charge is 0.221 e. The number of methoxy groups -OCH3 is 1. The van der Waals surface area contributed by atoms with E-state index in [-0.39, 0.29) is 16.7 Å². The SMILES string of the molecule is COc1ccc2c(c1)N(c1ccc(NC(C)=O)cc1)c1cc3c(cc1=N2)Oc1c(cc(C(C)(C)C)cc1C(C)(C)C)N=3. The molecule has 0 bridgehead atoms. The molecule has 214 valence electrons. The summed E-state index contributed by atoms with van der Waals surface area (Å²) in [4.78, 5) is 23.9. The van der Waals surface area contributed by atoms with Crippen molar-refractivity contribution in [2.24, 2.45) is 9.98 Å². The maximum Gasteiger partial charge on any atom is 0.221 e. The highest BCUT2D eigenvalue weighted by atomic mass is 16.5. The van der Waals surface area contributed by atoms with Gasteiger partial charge in [0.1, 0.15) is 16.8 Å². The third-order valence-corrected chi connectivity index (χ3v) is 7.60. The Bertz CT molecular complexity index is 1860. The second-order valence-corrected chi connectivity index (χ2v) is 12.9. The lowest BCUT2D eigenvalue weighted by molar-refractivity contribution is -0.114. The van der Waals surface area contributed by atoms with Crippen LogP contribution < -0.4 is 30.4 Å². The van der Waals surface area contributed by atoms with Crippen LogP contribution in [0.1, 0.15) is 59.6 Å². The van der Waals surface area contributed by atoms with Crippen LogP contribution in [-0.2, 0) is 15.6 Å². The van der Waals surface area contributed by atoms with Crippen molar-refractivity contribution in [3.63, 3.8) is 0 Å². The second kappa shape index (κ2) is 9.72. The topological polar surface area (TPSA) is 75.5 Å². The van der Waals surface area contributed by atoms with Crippen LogP contribution in [-0.4, -0.2) is 13.0 Å². The number of ether oxygens (including phenoxy) is 2. The maximum absolute atomic E-state index is 11.6. The van der Waals surface area contributed by atoms with Crippen LogP contribution in [0.15, 0.2) is 76.7 Å². The summed E-state index contributed by atoms with van der Waals surface area (Å²) in [5, 5.41) is 4.37. The first-order valence-electron chi connectivity index (χ1n) is 14.2. The Labute approximate surface area is 246 Å². The first-order valence-corrected chi connectivity index (χ1v) is 14.2. The highest BCUT2D eigenvalue weighted by Crippen LogP contribution is 2.47. The van der Waals surface area contributed by atoms with Crippen molar-refractivity contribution in [2.45, 2.75) is 59.3 Å². The van der Waals surface area contributed by atoms with Crippen molar-refractivity contribution in [1.29, 1.82) is 0 Å². The monoisotopic (exact) mass is 560 g/mol. The van der Waals surface area contributed by atoms with Gasteiger partial charge in [-0.05, 0) is 64.9 Å². The van der Waals surface area contributed by atoms with Gasteiger partial charge in [-0.2, -0.15) is 0 Å². The number of hydrogen-bond acceptors (Lipinski definition) is 6. The molecule has 2 heterocycles. The van der Waals surface area contributed by atoms with Gasteiger partial charge in [-0.1, -0.05) is 47.6 Å². The van der Waals surface area contributed by atoms with Crippen molar-refractivity contribution >= 4 is 40.0 Å². The van der Waals surface area contributed by atoms with Gasteiger partial charge in [-0.3, -0.25) is 4.79 Å². The van der Waals surface area contributed by atoms with Gasteiger partial charge in [0.15, 0.2) is 11.5 Å². The summed E-state index contributed by atoms with van der Waals surface area (Å²) in [5.41, 5.74) is 7.23. The molecular formula is C35H36N4O3. The van der Waals surface area contributed by atoms with E-state index in [1.807, 2.05) is 54.6 Å². The molecule has 1 amide bonds. The Morgan fingerprint density at radius 3 is 2.17 bits per heavy atom. The van der Waals surface area contributed by atoms with Crippen LogP contribution >= 0.6 is 0 Å². The summed E-state index contributed by atoms with van der Waals surface area (Å²) in [6.07, 6.45) is 0. The average molecular weight is 561 g/mol. The second-order valence-electron chi connectivity index (χ2n) is 12.9. The van der Waals surface area contributed by atoms with Gasteiger partial charge in [-0.25, -0.2) is 9.98 Å². The molecule has 6 rings (SSSR count). The van der Waals surface area contributed by atoms with E-state index in [0.29, 0.717) is 5.75 Å². The fraction of sp³-hybridized carbons (Fsp3) is 0.286. The molecule has 7 nitrogen and oxygen atoms in total. The van der Waals surface area contributed by atoms with Crippen molar-refractivity contribution in [1.82, 2.24) is 0 Å². The Kier molecular flexibility index (Phi) is 6.37. The summed E-state index contributed by atoms with van der Waals surface area (Å²) in [6, 6.07) is 22.0. The largest absolute Gasteiger partial charge is 0.497 e. The lowest BCUT2D eigenvalue weighted by Gasteiger charge is -2.31. The van der Waals surface area contributed by atoms with Crippen LogP contribution in [0.4, 0.5) is 34.1 Å². The zero-order valence-corrected chi connectivity index (χ0v) is 25.4. The number of anilines is 4. The zero-order valence-electron chi connectivity index (χ0n) is 25.4. The summed E-state index contributed by atoms with van der Waals surface area (Å²) in [6.45, 7) is 14.8. The zero-order chi connectivity index (χ0) is 30.0. The molecule has 0 unspecified atom stereocenters. The van der Waals surface area contributed by atoms with Crippen LogP contribution in [0.5, 0.6) is 17.2 Å².